The summed E-state index contributed by atoms with van der Waals surface area (Å²) in [7, 11) is 0. The van der Waals surface area contributed by atoms with Gasteiger partial charge in [-0.15, -0.1) is 0 Å². The maximum Gasteiger partial charge on any atom is 0.313 e. The number of nitriles is 1. The van der Waals surface area contributed by atoms with Crippen LogP contribution in [0.3, 0.4) is 0 Å². The van der Waals surface area contributed by atoms with Crippen LogP contribution in [0.25, 0.3) is 0 Å². The highest BCUT2D eigenvalue weighted by Gasteiger charge is 2.82. The van der Waals surface area contributed by atoms with Crippen LogP contribution in [0.15, 0.2) is 23.3 Å². The molecule has 7 atom stereocenters. The molecular weight excluding hydrogens is 450 g/mol. The number of esters is 1. The second kappa shape index (κ2) is 6.43. The summed E-state index contributed by atoms with van der Waals surface area (Å²) >= 11 is 0. The van der Waals surface area contributed by atoms with E-state index in [9.17, 15) is 19.6 Å². The number of hydrogen-bond donors (Lipinski definition) is 0. The van der Waals surface area contributed by atoms with Crippen LogP contribution in [0.5, 0.6) is 0 Å². The number of fused-ring (bicyclic) bond motifs is 4. The van der Waals surface area contributed by atoms with Crippen LogP contribution < -0.4 is 0 Å². The van der Waals surface area contributed by atoms with Gasteiger partial charge in [-0.1, -0.05) is 54.5 Å². The van der Waals surface area contributed by atoms with Crippen molar-refractivity contribution in [2.45, 2.75) is 99.0 Å². The van der Waals surface area contributed by atoms with Gasteiger partial charge in [-0.05, 0) is 73.3 Å². The highest BCUT2D eigenvalue weighted by molar-refractivity contribution is 6.06. The van der Waals surface area contributed by atoms with Gasteiger partial charge in [-0.25, -0.2) is 0 Å². The zero-order chi connectivity index (χ0) is 26.3. The molecule has 2 bridgehead atoms. The average molecular weight is 490 g/mol. The van der Waals surface area contributed by atoms with Crippen LogP contribution in [0.4, 0.5) is 0 Å². The number of nitrogens with zero attached hydrogens (tertiary/aromatic N) is 1. The molecule has 36 heavy (non-hydrogen) atoms. The minimum Gasteiger partial charge on any atom is -0.449 e. The van der Waals surface area contributed by atoms with Gasteiger partial charge in [0.25, 0.3) is 0 Å². The van der Waals surface area contributed by atoms with Gasteiger partial charge in [-0.2, -0.15) is 5.26 Å². The molecule has 0 radical (unpaired) electrons. The molecule has 0 unspecified atom stereocenters. The Bertz CT molecular complexity index is 1250. The molecule has 0 aromatic carbocycles. The topological polar surface area (TPSA) is 84.2 Å². The fraction of sp³-hybridized carbons (Fsp3) is 0.742. The van der Waals surface area contributed by atoms with Crippen LogP contribution in [-0.4, -0.2) is 23.1 Å². The second-order valence-electron chi connectivity index (χ2n) is 14.9. The Morgan fingerprint density at radius 3 is 2.25 bits per heavy atom. The van der Waals surface area contributed by atoms with Crippen LogP contribution in [0, 0.1) is 55.7 Å². The Labute approximate surface area is 214 Å². The second-order valence-corrected chi connectivity index (χ2v) is 14.9. The molecule has 6 rings (SSSR count). The van der Waals surface area contributed by atoms with Gasteiger partial charge < -0.3 is 4.74 Å². The zero-order valence-electron chi connectivity index (χ0n) is 22.8. The molecule has 1 spiro atoms. The molecule has 1 aliphatic heterocycles. The molecule has 1 heterocycles. The molecule has 4 fully saturated rings. The van der Waals surface area contributed by atoms with Gasteiger partial charge in [0.2, 0.25) is 0 Å². The number of ketones is 2. The Morgan fingerprint density at radius 2 is 1.58 bits per heavy atom. The third kappa shape index (κ3) is 2.29. The lowest BCUT2D eigenvalue weighted by molar-refractivity contribution is -0.206. The molecule has 0 aromatic rings. The van der Waals surface area contributed by atoms with Crippen molar-refractivity contribution >= 4 is 17.5 Å². The van der Waals surface area contributed by atoms with Crippen molar-refractivity contribution in [1.29, 1.82) is 5.26 Å². The highest BCUT2D eigenvalue weighted by atomic mass is 16.6. The molecule has 0 amide bonds. The SMILES string of the molecule is CC1(C)CC[C@]23CC[C@]4(C)[C@@]5(C)CC[C@@H]6C(C)(C)C(=O)C(C#N)=C[C@@]6(C)C5=CC(=O)[C@@]4(OC2=O)[C@H]3C1. The van der Waals surface area contributed by atoms with Crippen LogP contribution in [0.1, 0.15) is 93.4 Å². The van der Waals surface area contributed by atoms with Crippen molar-refractivity contribution in [3.05, 3.63) is 23.3 Å². The normalized spacial score (nSPS) is 49.9. The number of hydrogen-bond acceptors (Lipinski definition) is 5. The predicted molar refractivity (Wildman–Crippen MR) is 134 cm³/mol. The summed E-state index contributed by atoms with van der Waals surface area (Å²) in [6.07, 6.45) is 9.46. The quantitative estimate of drug-likeness (QED) is 0.396. The number of allylic oxidation sites excluding steroid dienone is 3. The summed E-state index contributed by atoms with van der Waals surface area (Å²) in [5, 5.41) is 9.86. The fourth-order valence-electron chi connectivity index (χ4n) is 10.4. The molecule has 1 saturated heterocycles. The maximum absolute atomic E-state index is 14.5. The van der Waals surface area contributed by atoms with Gasteiger partial charge in [0, 0.05) is 22.2 Å². The summed E-state index contributed by atoms with van der Waals surface area (Å²) < 4.78 is 6.45. The summed E-state index contributed by atoms with van der Waals surface area (Å²) in [6, 6.07) is 2.16. The first-order valence-electron chi connectivity index (χ1n) is 13.7. The van der Waals surface area contributed by atoms with E-state index < -0.39 is 32.7 Å². The van der Waals surface area contributed by atoms with E-state index in [0.717, 1.165) is 50.5 Å². The molecule has 0 aromatic heterocycles. The van der Waals surface area contributed by atoms with E-state index >= 15 is 0 Å². The van der Waals surface area contributed by atoms with Gasteiger partial charge in [-0.3, -0.25) is 14.4 Å². The molecule has 192 valence electrons. The van der Waals surface area contributed by atoms with E-state index in [0.29, 0.717) is 0 Å². The summed E-state index contributed by atoms with van der Waals surface area (Å²) in [5.74, 6) is -0.433. The van der Waals surface area contributed by atoms with E-state index in [1.54, 1.807) is 0 Å². The minimum absolute atomic E-state index is 0.00167. The van der Waals surface area contributed by atoms with Gasteiger partial charge in [0.05, 0.1) is 11.0 Å². The van der Waals surface area contributed by atoms with Crippen LogP contribution in [0.2, 0.25) is 0 Å². The van der Waals surface area contributed by atoms with Gasteiger partial charge in [0.1, 0.15) is 6.07 Å². The zero-order valence-corrected chi connectivity index (χ0v) is 22.8. The first-order chi connectivity index (χ1) is 16.6. The van der Waals surface area contributed by atoms with E-state index in [-0.39, 0.29) is 40.4 Å². The first kappa shape index (κ1) is 24.1. The van der Waals surface area contributed by atoms with Crippen molar-refractivity contribution in [2.75, 3.05) is 0 Å². The van der Waals surface area contributed by atoms with Gasteiger partial charge in [0.15, 0.2) is 17.2 Å². The van der Waals surface area contributed by atoms with Gasteiger partial charge >= 0.3 is 5.97 Å². The monoisotopic (exact) mass is 489 g/mol. The summed E-state index contributed by atoms with van der Waals surface area (Å²) in [5.41, 5.74) is -2.60. The molecule has 6 aliphatic rings. The summed E-state index contributed by atoms with van der Waals surface area (Å²) in [4.78, 5) is 41.3. The smallest absolute Gasteiger partial charge is 0.313 e. The lowest BCUT2D eigenvalue weighted by Gasteiger charge is -2.68. The standard InChI is InChI=1S/C31H39NO4/c1-25(2)10-12-30-13-11-29(7)28(6)9-8-19-26(3,4)23(34)18(17-32)15-27(19,5)20(28)14-22(33)31(29,21(30)16-25)36-24(30)35/h14-15,19,21H,8-13,16H2,1-7H3/t19-,21+,27-,28+,29-,30-,31+/m1/s1. The van der Waals surface area contributed by atoms with Crippen molar-refractivity contribution in [3.63, 3.8) is 0 Å². The molecule has 0 N–H and O–H groups in total. The summed E-state index contributed by atoms with van der Waals surface area (Å²) in [6.45, 7) is 15.0. The third-order valence-corrected chi connectivity index (χ3v) is 12.7. The number of carbonyl (C=O) groups is 3. The van der Waals surface area contributed by atoms with Crippen molar-refractivity contribution in [1.82, 2.24) is 0 Å². The van der Waals surface area contributed by atoms with Crippen LogP contribution >= 0.6 is 0 Å². The Balaban J connectivity index is 1.60. The highest BCUT2D eigenvalue weighted by Crippen LogP contribution is 2.78. The van der Waals surface area contributed by atoms with Crippen LogP contribution in [-0.2, 0) is 19.1 Å². The first-order valence-corrected chi connectivity index (χ1v) is 13.7. The maximum atomic E-state index is 14.5. The fourth-order valence-corrected chi connectivity index (χ4v) is 10.4. The number of Topliss-reactive ketones (excluding diaryl/α,β-unsaturated/α-hetero) is 1. The lowest BCUT2D eigenvalue weighted by atomic mass is 9.33. The molecule has 3 saturated carbocycles. The van der Waals surface area contributed by atoms with Crippen molar-refractivity contribution in [2.24, 2.45) is 44.3 Å². The number of carbonyl (C=O) groups excluding carboxylic acids is 3. The Kier molecular flexibility index (Phi) is 4.31. The van der Waals surface area contributed by atoms with E-state index in [1.807, 2.05) is 26.0 Å². The minimum atomic E-state index is -1.14. The lowest BCUT2D eigenvalue weighted by Crippen LogP contribution is -2.71. The molecule has 5 heteroatoms. The molecular formula is C31H39NO4. The predicted octanol–water partition coefficient (Wildman–Crippen LogP) is 5.89. The Morgan fingerprint density at radius 1 is 0.917 bits per heavy atom. The third-order valence-electron chi connectivity index (χ3n) is 12.7. The number of ether oxygens (including phenoxy) is 1. The molecule has 5 nitrogen and oxygen atoms in total. The van der Waals surface area contributed by atoms with E-state index in [1.165, 1.54) is 0 Å². The number of rotatable bonds is 0. The largest absolute Gasteiger partial charge is 0.449 e. The van der Waals surface area contributed by atoms with Crippen molar-refractivity contribution < 1.29 is 19.1 Å². The van der Waals surface area contributed by atoms with Crippen molar-refractivity contribution in [3.8, 4) is 6.07 Å². The average Bonchev–Trinajstić information content (AvgIpc) is 2.98. The van der Waals surface area contributed by atoms with E-state index in [2.05, 4.69) is 40.7 Å². The molecule has 5 aliphatic carbocycles. The van der Waals surface area contributed by atoms with E-state index in [4.69, 9.17) is 4.74 Å². The Hall–Kier alpha value is -2.22.